The van der Waals surface area contributed by atoms with Crippen molar-refractivity contribution in [3.05, 3.63) is 62.9 Å². The number of hydrogen-bond donors (Lipinski definition) is 1. The Balaban J connectivity index is 2.32. The molecule has 0 radical (unpaired) electrons. The molecule has 0 aliphatic rings. The van der Waals surface area contributed by atoms with Crippen LogP contribution in [0, 0.1) is 31.3 Å². The summed E-state index contributed by atoms with van der Waals surface area (Å²) >= 11 is 3.11. The van der Waals surface area contributed by atoms with E-state index in [1.54, 1.807) is 13.0 Å². The topological polar surface area (TPSA) is 12.0 Å². The van der Waals surface area contributed by atoms with Gasteiger partial charge in [-0.25, -0.2) is 13.2 Å². The molecule has 0 aromatic heterocycles. The normalized spacial score (nSPS) is 12.3. The Morgan fingerprint density at radius 2 is 1.57 bits per heavy atom. The molecule has 0 saturated heterocycles. The van der Waals surface area contributed by atoms with Gasteiger partial charge in [0, 0.05) is 11.3 Å². The summed E-state index contributed by atoms with van der Waals surface area (Å²) in [6, 6.07) is 4.82. The van der Waals surface area contributed by atoms with Crippen LogP contribution in [0.3, 0.4) is 0 Å². The van der Waals surface area contributed by atoms with Crippen LogP contribution in [0.4, 0.5) is 18.9 Å². The highest BCUT2D eigenvalue weighted by molar-refractivity contribution is 9.10. The smallest absolute Gasteiger partial charge is 0.139 e. The van der Waals surface area contributed by atoms with Gasteiger partial charge < -0.3 is 5.32 Å². The lowest BCUT2D eigenvalue weighted by molar-refractivity contribution is 0.571. The van der Waals surface area contributed by atoms with Crippen molar-refractivity contribution < 1.29 is 13.2 Å². The molecule has 1 N–H and O–H groups in total. The van der Waals surface area contributed by atoms with Crippen molar-refractivity contribution in [3.63, 3.8) is 0 Å². The van der Waals surface area contributed by atoms with E-state index in [9.17, 15) is 13.2 Å². The molecule has 0 bridgehead atoms. The van der Waals surface area contributed by atoms with Crippen molar-refractivity contribution in [3.8, 4) is 0 Å². The number of halogens is 4. The number of anilines is 1. The highest BCUT2D eigenvalue weighted by atomic mass is 79.9. The molecule has 5 heteroatoms. The van der Waals surface area contributed by atoms with E-state index in [1.165, 1.54) is 19.1 Å². The molecule has 112 valence electrons. The fourth-order valence-electron chi connectivity index (χ4n) is 2.11. The Kier molecular flexibility index (Phi) is 4.61. The predicted molar refractivity (Wildman–Crippen MR) is 82.0 cm³/mol. The summed E-state index contributed by atoms with van der Waals surface area (Å²) in [6.07, 6.45) is 0. The summed E-state index contributed by atoms with van der Waals surface area (Å²) in [7, 11) is 0. The van der Waals surface area contributed by atoms with Crippen LogP contribution in [0.5, 0.6) is 0 Å². The second-order valence-corrected chi connectivity index (χ2v) is 5.92. The van der Waals surface area contributed by atoms with Gasteiger partial charge in [0.2, 0.25) is 0 Å². The average molecular weight is 358 g/mol. The zero-order valence-corrected chi connectivity index (χ0v) is 13.5. The second kappa shape index (κ2) is 6.10. The van der Waals surface area contributed by atoms with E-state index in [2.05, 4.69) is 21.2 Å². The quantitative estimate of drug-likeness (QED) is 0.747. The van der Waals surface area contributed by atoms with Gasteiger partial charge in [-0.15, -0.1) is 0 Å². The molecule has 21 heavy (non-hydrogen) atoms. The van der Waals surface area contributed by atoms with Crippen LogP contribution < -0.4 is 5.32 Å². The first-order valence-corrected chi connectivity index (χ1v) is 7.26. The first-order valence-electron chi connectivity index (χ1n) is 6.47. The molecule has 0 aliphatic heterocycles. The Morgan fingerprint density at radius 1 is 0.905 bits per heavy atom. The van der Waals surface area contributed by atoms with Crippen LogP contribution in [0.25, 0.3) is 0 Å². The van der Waals surface area contributed by atoms with Crippen molar-refractivity contribution in [2.45, 2.75) is 26.8 Å². The zero-order chi connectivity index (χ0) is 15.7. The molecule has 2 aromatic carbocycles. The highest BCUT2D eigenvalue weighted by Gasteiger charge is 2.15. The number of aryl methyl sites for hydroxylation is 2. The lowest BCUT2D eigenvalue weighted by Crippen LogP contribution is -2.11. The molecule has 0 aliphatic carbocycles. The van der Waals surface area contributed by atoms with Crippen LogP contribution in [-0.2, 0) is 0 Å². The molecular weight excluding hydrogens is 343 g/mol. The predicted octanol–water partition coefficient (Wildman–Crippen LogP) is 5.66. The molecular formula is C16H15BrF3N. The third-order valence-electron chi connectivity index (χ3n) is 3.38. The molecule has 0 amide bonds. The van der Waals surface area contributed by atoms with Gasteiger partial charge in [-0.2, -0.15) is 0 Å². The van der Waals surface area contributed by atoms with Gasteiger partial charge in [-0.1, -0.05) is 0 Å². The summed E-state index contributed by atoms with van der Waals surface area (Å²) in [5, 5.41) is 3.01. The van der Waals surface area contributed by atoms with E-state index in [1.807, 2.05) is 6.92 Å². The monoisotopic (exact) mass is 357 g/mol. The molecule has 1 unspecified atom stereocenters. The number of hydrogen-bond acceptors (Lipinski definition) is 1. The maximum Gasteiger partial charge on any atom is 0.139 e. The van der Waals surface area contributed by atoms with Gasteiger partial charge in [0.15, 0.2) is 0 Å². The molecule has 0 fully saturated rings. The third kappa shape index (κ3) is 3.40. The van der Waals surface area contributed by atoms with Gasteiger partial charge in [-0.3, -0.25) is 0 Å². The Hall–Kier alpha value is -1.49. The molecule has 1 atom stereocenters. The van der Waals surface area contributed by atoms with Crippen LogP contribution in [0.2, 0.25) is 0 Å². The first-order chi connectivity index (χ1) is 9.79. The minimum Gasteiger partial charge on any atom is -0.378 e. The molecule has 2 aromatic rings. The maximum atomic E-state index is 13.9. The van der Waals surface area contributed by atoms with Gasteiger partial charge in [0.25, 0.3) is 0 Å². The fraction of sp³-hybridized carbons (Fsp3) is 0.250. The Bertz CT molecular complexity index is 686. The summed E-state index contributed by atoms with van der Waals surface area (Å²) in [4.78, 5) is 0. The minimum atomic E-state index is -0.487. The van der Waals surface area contributed by atoms with E-state index in [0.717, 1.165) is 11.6 Å². The van der Waals surface area contributed by atoms with Crippen molar-refractivity contribution in [2.24, 2.45) is 0 Å². The highest BCUT2D eigenvalue weighted by Crippen LogP contribution is 2.28. The molecule has 0 spiro atoms. The molecule has 1 nitrogen and oxygen atoms in total. The summed E-state index contributed by atoms with van der Waals surface area (Å²) in [5.41, 5.74) is 1.82. The molecule has 0 saturated carbocycles. The maximum absolute atomic E-state index is 13.9. The van der Waals surface area contributed by atoms with E-state index in [-0.39, 0.29) is 11.1 Å². The van der Waals surface area contributed by atoms with Crippen LogP contribution in [-0.4, -0.2) is 0 Å². The van der Waals surface area contributed by atoms with Crippen LogP contribution in [0.15, 0.2) is 28.7 Å². The molecule has 0 heterocycles. The molecule has 2 rings (SSSR count). The zero-order valence-electron chi connectivity index (χ0n) is 11.9. The van der Waals surface area contributed by atoms with E-state index < -0.39 is 23.5 Å². The van der Waals surface area contributed by atoms with Gasteiger partial charge in [-0.05, 0) is 72.1 Å². The largest absolute Gasteiger partial charge is 0.378 e. The van der Waals surface area contributed by atoms with Crippen molar-refractivity contribution >= 4 is 21.6 Å². The van der Waals surface area contributed by atoms with Crippen molar-refractivity contribution in [1.82, 2.24) is 0 Å². The van der Waals surface area contributed by atoms with Gasteiger partial charge in [0.1, 0.15) is 17.5 Å². The van der Waals surface area contributed by atoms with E-state index in [4.69, 9.17) is 0 Å². The van der Waals surface area contributed by atoms with Crippen molar-refractivity contribution in [1.29, 1.82) is 0 Å². The van der Waals surface area contributed by atoms with Gasteiger partial charge >= 0.3 is 0 Å². The van der Waals surface area contributed by atoms with Crippen LogP contribution in [0.1, 0.15) is 29.7 Å². The fourth-order valence-corrected chi connectivity index (χ4v) is 2.56. The number of nitrogens with one attached hydrogen (secondary N) is 1. The Labute approximate surface area is 130 Å². The lowest BCUT2D eigenvalue weighted by atomic mass is 10.0. The average Bonchev–Trinajstić information content (AvgIpc) is 2.40. The Morgan fingerprint density at radius 3 is 2.24 bits per heavy atom. The van der Waals surface area contributed by atoms with E-state index in [0.29, 0.717) is 10.2 Å². The van der Waals surface area contributed by atoms with E-state index >= 15 is 0 Å². The van der Waals surface area contributed by atoms with Crippen molar-refractivity contribution in [2.75, 3.05) is 5.32 Å². The summed E-state index contributed by atoms with van der Waals surface area (Å²) < 4.78 is 41.5. The number of rotatable bonds is 3. The summed E-state index contributed by atoms with van der Waals surface area (Å²) in [6.45, 7) is 5.02. The standard InChI is InChI=1S/C16H15BrF3N/c1-8-5-14(19)11(6-13(8)18)10(3)21-16-7-15(20)12(17)4-9(16)2/h4-7,10,21H,1-3H3. The number of benzene rings is 2. The first kappa shape index (κ1) is 15.9. The van der Waals surface area contributed by atoms with Crippen LogP contribution >= 0.6 is 15.9 Å². The minimum absolute atomic E-state index is 0.209. The SMILES string of the molecule is Cc1cc(F)c(C(C)Nc2cc(F)c(Br)cc2C)cc1F. The summed E-state index contributed by atoms with van der Waals surface area (Å²) in [5.74, 6) is -1.35. The second-order valence-electron chi connectivity index (χ2n) is 5.07. The third-order valence-corrected chi connectivity index (χ3v) is 3.99. The lowest BCUT2D eigenvalue weighted by Gasteiger charge is -2.19. The van der Waals surface area contributed by atoms with Gasteiger partial charge in [0.05, 0.1) is 10.5 Å².